The van der Waals surface area contributed by atoms with Crippen LogP contribution in [0.4, 0.5) is 5.69 Å². The number of aromatic nitrogens is 1. The highest BCUT2D eigenvalue weighted by atomic mass is 32.1. The van der Waals surface area contributed by atoms with E-state index < -0.39 is 0 Å². The Hall–Kier alpha value is -2.74. The fourth-order valence-electron chi connectivity index (χ4n) is 4.40. The number of nitrogens with zero attached hydrogens (tertiary/aromatic N) is 2. The quantitative estimate of drug-likeness (QED) is 0.470. The third kappa shape index (κ3) is 6.23. The highest BCUT2D eigenvalue weighted by Gasteiger charge is 2.16. The number of pyridine rings is 1. The largest absolute Gasteiger partial charge is 0.379 e. The maximum atomic E-state index is 12.9. The molecule has 2 aromatic carbocycles. The van der Waals surface area contributed by atoms with Crippen LogP contribution in [0.15, 0.2) is 53.3 Å². The smallest absolute Gasteiger partial charge is 0.253 e. The summed E-state index contributed by atoms with van der Waals surface area (Å²) in [5, 5.41) is 5.13. The molecule has 2 heterocycles. The van der Waals surface area contributed by atoms with Gasteiger partial charge in [-0.25, -0.2) is 0 Å². The van der Waals surface area contributed by atoms with Crippen LogP contribution in [0, 0.1) is 6.92 Å². The number of aromatic amines is 1. The van der Waals surface area contributed by atoms with Crippen molar-refractivity contribution in [1.29, 1.82) is 0 Å². The van der Waals surface area contributed by atoms with Gasteiger partial charge in [0.05, 0.1) is 19.8 Å². The molecule has 180 valence electrons. The molecule has 1 aliphatic rings. The van der Waals surface area contributed by atoms with Crippen LogP contribution in [0.5, 0.6) is 0 Å². The summed E-state index contributed by atoms with van der Waals surface area (Å²) in [6, 6.07) is 16.3. The molecule has 4 rings (SSSR count). The van der Waals surface area contributed by atoms with Gasteiger partial charge < -0.3 is 19.9 Å². The number of anilines is 1. The van der Waals surface area contributed by atoms with E-state index in [0.717, 1.165) is 74.4 Å². The lowest BCUT2D eigenvalue weighted by atomic mass is 10.1. The Bertz CT molecular complexity index is 1190. The monoisotopic (exact) mass is 478 g/mol. The highest BCUT2D eigenvalue weighted by Crippen LogP contribution is 2.18. The van der Waals surface area contributed by atoms with Gasteiger partial charge in [-0.1, -0.05) is 36.8 Å². The van der Waals surface area contributed by atoms with Crippen LogP contribution in [-0.2, 0) is 17.7 Å². The average Bonchev–Trinajstić information content (AvgIpc) is 2.85. The zero-order valence-corrected chi connectivity index (χ0v) is 20.9. The van der Waals surface area contributed by atoms with Crippen molar-refractivity contribution in [3.05, 3.63) is 75.6 Å². The number of benzene rings is 2. The van der Waals surface area contributed by atoms with E-state index in [1.54, 1.807) is 0 Å². The number of fused-ring (bicyclic) bond motifs is 1. The van der Waals surface area contributed by atoms with Gasteiger partial charge in [0.2, 0.25) is 0 Å². The number of para-hydroxylation sites is 1. The number of H-pyrrole nitrogens is 1. The van der Waals surface area contributed by atoms with Crippen molar-refractivity contribution in [2.45, 2.75) is 33.2 Å². The number of rotatable bonds is 8. The molecule has 0 saturated carbocycles. The van der Waals surface area contributed by atoms with Crippen molar-refractivity contribution in [3.63, 3.8) is 0 Å². The van der Waals surface area contributed by atoms with Crippen molar-refractivity contribution in [1.82, 2.24) is 14.8 Å². The van der Waals surface area contributed by atoms with E-state index in [1.807, 2.05) is 30.3 Å². The van der Waals surface area contributed by atoms with Gasteiger partial charge in [0.1, 0.15) is 0 Å². The second kappa shape index (κ2) is 11.6. The molecule has 1 saturated heterocycles. The Morgan fingerprint density at radius 2 is 1.94 bits per heavy atom. The molecule has 7 heteroatoms. The fraction of sp³-hybridized carbons (Fsp3) is 0.407. The van der Waals surface area contributed by atoms with E-state index >= 15 is 0 Å². The van der Waals surface area contributed by atoms with Crippen LogP contribution < -0.4 is 10.9 Å². The van der Waals surface area contributed by atoms with Crippen molar-refractivity contribution >= 4 is 33.9 Å². The number of ether oxygens (including phenoxy) is 1. The van der Waals surface area contributed by atoms with E-state index in [9.17, 15) is 4.79 Å². The first kappa shape index (κ1) is 24.4. The molecule has 0 atom stereocenters. The Balaban J connectivity index is 1.53. The molecule has 1 fully saturated rings. The van der Waals surface area contributed by atoms with Gasteiger partial charge in [0.25, 0.3) is 5.56 Å². The summed E-state index contributed by atoms with van der Waals surface area (Å²) in [5.41, 5.74) is 4.93. The third-order valence-electron chi connectivity index (χ3n) is 6.37. The summed E-state index contributed by atoms with van der Waals surface area (Å²) in [5.74, 6) is 0. The zero-order valence-electron chi connectivity index (χ0n) is 20.1. The number of morpholine rings is 1. The predicted octanol–water partition coefficient (Wildman–Crippen LogP) is 4.32. The molecule has 0 spiro atoms. The summed E-state index contributed by atoms with van der Waals surface area (Å²) in [7, 11) is 0. The first-order valence-electron chi connectivity index (χ1n) is 12.1. The summed E-state index contributed by atoms with van der Waals surface area (Å²) in [6.45, 7) is 9.94. The van der Waals surface area contributed by atoms with E-state index in [-0.39, 0.29) is 5.56 Å². The van der Waals surface area contributed by atoms with Crippen LogP contribution >= 0.6 is 12.2 Å². The molecule has 3 aromatic rings. The zero-order chi connectivity index (χ0) is 23.9. The molecule has 0 bridgehead atoms. The molecule has 6 nitrogen and oxygen atoms in total. The van der Waals surface area contributed by atoms with Crippen LogP contribution in [0.2, 0.25) is 0 Å². The molecular weight excluding hydrogens is 444 g/mol. The molecule has 0 amide bonds. The maximum Gasteiger partial charge on any atom is 0.253 e. The van der Waals surface area contributed by atoms with Gasteiger partial charge >= 0.3 is 0 Å². The molecule has 0 radical (unpaired) electrons. The number of nitrogens with one attached hydrogen (secondary N) is 2. The summed E-state index contributed by atoms with van der Waals surface area (Å²) in [6.07, 6.45) is 1.88. The number of hydrogen-bond donors (Lipinski definition) is 2. The van der Waals surface area contributed by atoms with Crippen LogP contribution in [0.25, 0.3) is 10.9 Å². The van der Waals surface area contributed by atoms with Crippen molar-refractivity contribution in [2.24, 2.45) is 0 Å². The molecule has 1 aliphatic heterocycles. The van der Waals surface area contributed by atoms with Crippen molar-refractivity contribution in [2.75, 3.05) is 44.7 Å². The van der Waals surface area contributed by atoms with Crippen LogP contribution in [0.1, 0.15) is 30.0 Å². The molecule has 1 aromatic heterocycles. The Morgan fingerprint density at radius 3 is 2.74 bits per heavy atom. The lowest BCUT2D eigenvalue weighted by Crippen LogP contribution is -2.40. The average molecular weight is 479 g/mol. The predicted molar refractivity (Wildman–Crippen MR) is 144 cm³/mol. The van der Waals surface area contributed by atoms with Crippen molar-refractivity contribution < 1.29 is 4.74 Å². The summed E-state index contributed by atoms with van der Waals surface area (Å²) >= 11 is 5.86. The second-order valence-electron chi connectivity index (χ2n) is 8.88. The summed E-state index contributed by atoms with van der Waals surface area (Å²) in [4.78, 5) is 20.5. The first-order chi connectivity index (χ1) is 16.5. The Kier molecular flexibility index (Phi) is 8.32. The molecular formula is C27H34N4O2S. The molecule has 0 unspecified atom stereocenters. The second-order valence-corrected chi connectivity index (χ2v) is 9.27. The van der Waals surface area contributed by atoms with Crippen LogP contribution in [0.3, 0.4) is 0 Å². The van der Waals surface area contributed by atoms with Crippen molar-refractivity contribution in [3.8, 4) is 0 Å². The summed E-state index contributed by atoms with van der Waals surface area (Å²) < 4.78 is 5.47. The standard InChI is InChI=1S/C27H34N4O2S/c1-3-21-7-4-5-8-24(21)29-27(34)31(12-6-11-30-13-15-33-16-14-30)19-23-18-22-17-20(2)9-10-25(22)28-26(23)32/h4-5,7-10,17-18H,3,6,11-16,19H2,1-2H3,(H,28,32)(H,29,34). The van der Waals surface area contributed by atoms with Crippen LogP contribution in [-0.4, -0.2) is 59.3 Å². The van der Waals surface area contributed by atoms with Gasteiger partial charge in [-0.3, -0.25) is 9.69 Å². The topological polar surface area (TPSA) is 60.6 Å². The van der Waals surface area contributed by atoms with Gasteiger partial charge in [-0.15, -0.1) is 0 Å². The normalized spacial score (nSPS) is 14.3. The molecule has 2 N–H and O–H groups in total. The number of aryl methyl sites for hydroxylation is 2. The fourth-order valence-corrected chi connectivity index (χ4v) is 4.67. The number of hydrogen-bond acceptors (Lipinski definition) is 4. The van der Waals surface area contributed by atoms with Gasteiger partial charge in [0, 0.05) is 42.9 Å². The first-order valence-corrected chi connectivity index (χ1v) is 12.5. The van der Waals surface area contributed by atoms with E-state index in [4.69, 9.17) is 17.0 Å². The molecule has 0 aliphatic carbocycles. The lowest BCUT2D eigenvalue weighted by Gasteiger charge is -2.30. The highest BCUT2D eigenvalue weighted by molar-refractivity contribution is 7.80. The van der Waals surface area contributed by atoms with Gasteiger partial charge in [0.15, 0.2) is 5.11 Å². The van der Waals surface area contributed by atoms with Gasteiger partial charge in [-0.05, 0) is 67.2 Å². The van der Waals surface area contributed by atoms with Gasteiger partial charge in [-0.2, -0.15) is 0 Å². The lowest BCUT2D eigenvalue weighted by molar-refractivity contribution is 0.0367. The minimum Gasteiger partial charge on any atom is -0.379 e. The number of thiocarbonyl (C=S) groups is 1. The minimum absolute atomic E-state index is 0.0636. The SMILES string of the molecule is CCc1ccccc1NC(=S)N(CCCN1CCOCC1)Cc1cc2cc(C)ccc2[nH]c1=O. The Morgan fingerprint density at radius 1 is 1.15 bits per heavy atom. The maximum absolute atomic E-state index is 12.9. The molecule has 34 heavy (non-hydrogen) atoms. The third-order valence-corrected chi connectivity index (χ3v) is 6.73. The minimum atomic E-state index is -0.0636. The Labute approximate surface area is 206 Å². The van der Waals surface area contributed by atoms with E-state index in [1.165, 1.54) is 11.1 Å². The van der Waals surface area contributed by atoms with E-state index in [2.05, 4.69) is 52.1 Å². The van der Waals surface area contributed by atoms with E-state index in [0.29, 0.717) is 11.7 Å².